The molecule has 1 N–H and O–H groups in total. The zero-order valence-electron chi connectivity index (χ0n) is 13.8. The van der Waals surface area contributed by atoms with E-state index in [9.17, 15) is 14.7 Å². The minimum Gasteiger partial charge on any atom is -0.456 e. The van der Waals surface area contributed by atoms with E-state index in [0.29, 0.717) is 24.0 Å². The third-order valence-corrected chi connectivity index (χ3v) is 4.27. The summed E-state index contributed by atoms with van der Waals surface area (Å²) in [4.78, 5) is 22.9. The van der Waals surface area contributed by atoms with Gasteiger partial charge in [0.2, 0.25) is 0 Å². The number of aliphatic hydroxyl groups excluding tert-OH is 1. The van der Waals surface area contributed by atoms with Crippen molar-refractivity contribution in [2.45, 2.75) is 58.7 Å². The van der Waals surface area contributed by atoms with Crippen molar-refractivity contribution in [1.82, 2.24) is 0 Å². The van der Waals surface area contributed by atoms with E-state index in [0.717, 1.165) is 12.7 Å². The van der Waals surface area contributed by atoms with E-state index in [1.165, 1.54) is 0 Å². The van der Waals surface area contributed by atoms with Gasteiger partial charge in [-0.3, -0.25) is 4.79 Å². The first-order chi connectivity index (χ1) is 10.3. The van der Waals surface area contributed by atoms with E-state index in [1.54, 1.807) is 31.2 Å². The number of carbonyl (C=O) groups is 2. The Balaban J connectivity index is 2.82. The van der Waals surface area contributed by atoms with Crippen molar-refractivity contribution in [3.05, 3.63) is 35.4 Å². The van der Waals surface area contributed by atoms with Crippen LogP contribution in [0, 0.1) is 5.92 Å². The Kier molecular flexibility index (Phi) is 6.75. The van der Waals surface area contributed by atoms with Gasteiger partial charge in [0.25, 0.3) is 0 Å². The maximum atomic E-state index is 12.3. The molecule has 0 aliphatic rings. The minimum atomic E-state index is -0.613. The van der Waals surface area contributed by atoms with Gasteiger partial charge in [-0.05, 0) is 44.7 Å². The Morgan fingerprint density at radius 1 is 1.32 bits per heavy atom. The number of esters is 1. The fourth-order valence-electron chi connectivity index (χ4n) is 2.45. The molecule has 0 fully saturated rings. The van der Waals surface area contributed by atoms with Gasteiger partial charge in [-0.1, -0.05) is 32.4 Å². The highest BCUT2D eigenvalue weighted by Crippen LogP contribution is 2.29. The summed E-state index contributed by atoms with van der Waals surface area (Å²) < 4.78 is 5.69. The maximum Gasteiger partial charge on any atom is 0.338 e. The molecule has 4 heteroatoms. The quantitative estimate of drug-likeness (QED) is 0.588. The summed E-state index contributed by atoms with van der Waals surface area (Å²) >= 11 is 0. The summed E-state index contributed by atoms with van der Waals surface area (Å²) in [5, 5.41) is 9.81. The second kappa shape index (κ2) is 8.08. The predicted octanol–water partition coefficient (Wildman–Crippen LogP) is 3.62. The van der Waals surface area contributed by atoms with E-state index in [1.807, 2.05) is 20.8 Å². The van der Waals surface area contributed by atoms with E-state index in [2.05, 4.69) is 0 Å². The third-order valence-electron chi connectivity index (χ3n) is 4.27. The number of carbonyl (C=O) groups excluding carboxylic acids is 2. The van der Waals surface area contributed by atoms with E-state index in [-0.39, 0.29) is 5.92 Å². The first-order valence-corrected chi connectivity index (χ1v) is 7.81. The molecule has 0 saturated carbocycles. The average Bonchev–Trinajstić information content (AvgIpc) is 2.52. The first kappa shape index (κ1) is 18.4. The van der Waals surface area contributed by atoms with Gasteiger partial charge in [-0.2, -0.15) is 0 Å². The van der Waals surface area contributed by atoms with E-state index < -0.39 is 17.7 Å². The number of ether oxygens (including phenoxy) is 1. The van der Waals surface area contributed by atoms with Gasteiger partial charge < -0.3 is 9.84 Å². The second-order valence-corrected chi connectivity index (χ2v) is 6.05. The molecule has 0 aliphatic carbocycles. The van der Waals surface area contributed by atoms with Crippen molar-refractivity contribution < 1.29 is 19.4 Å². The number of hydrogen-bond acceptors (Lipinski definition) is 4. The minimum absolute atomic E-state index is 0.0928. The van der Waals surface area contributed by atoms with Crippen molar-refractivity contribution in [1.29, 1.82) is 0 Å². The fourth-order valence-corrected chi connectivity index (χ4v) is 2.45. The Labute approximate surface area is 132 Å². The first-order valence-electron chi connectivity index (χ1n) is 7.81. The van der Waals surface area contributed by atoms with Crippen molar-refractivity contribution in [2.75, 3.05) is 0 Å². The molecule has 0 amide bonds. The summed E-state index contributed by atoms with van der Waals surface area (Å²) in [5.74, 6) is -0.308. The van der Waals surface area contributed by atoms with Crippen LogP contribution in [0.25, 0.3) is 0 Å². The molecule has 0 radical (unpaired) electrons. The van der Waals surface area contributed by atoms with Gasteiger partial charge in [-0.25, -0.2) is 4.79 Å². The topological polar surface area (TPSA) is 63.6 Å². The van der Waals surface area contributed by atoms with Crippen LogP contribution in [-0.2, 0) is 4.74 Å². The van der Waals surface area contributed by atoms with Crippen LogP contribution >= 0.6 is 0 Å². The highest BCUT2D eigenvalue weighted by Gasteiger charge is 2.32. The molecule has 122 valence electrons. The molecular formula is C18H26O4. The molecular weight excluding hydrogens is 280 g/mol. The van der Waals surface area contributed by atoms with E-state index in [4.69, 9.17) is 4.74 Å². The summed E-state index contributed by atoms with van der Waals surface area (Å²) in [6.07, 6.45) is 2.43. The molecule has 0 heterocycles. The number of rotatable bonds is 8. The van der Waals surface area contributed by atoms with Crippen LogP contribution < -0.4 is 0 Å². The molecule has 0 aromatic heterocycles. The van der Waals surface area contributed by atoms with Crippen LogP contribution in [0.4, 0.5) is 0 Å². The predicted molar refractivity (Wildman–Crippen MR) is 86.0 cm³/mol. The number of aliphatic hydroxyl groups is 1. The Hall–Kier alpha value is -1.68. The van der Waals surface area contributed by atoms with Crippen LogP contribution in [0.3, 0.4) is 0 Å². The largest absolute Gasteiger partial charge is 0.456 e. The molecule has 0 aliphatic heterocycles. The number of hydrogen-bond donors (Lipinski definition) is 1. The van der Waals surface area contributed by atoms with Gasteiger partial charge in [0.05, 0.1) is 11.7 Å². The summed E-state index contributed by atoms with van der Waals surface area (Å²) in [6, 6.07) is 6.37. The monoisotopic (exact) mass is 306 g/mol. The summed E-state index contributed by atoms with van der Waals surface area (Å²) in [5.41, 5.74) is 0.336. The van der Waals surface area contributed by atoms with Crippen molar-refractivity contribution in [3.63, 3.8) is 0 Å². The molecule has 0 saturated heterocycles. The van der Waals surface area contributed by atoms with Crippen LogP contribution in [0.2, 0.25) is 0 Å². The smallest absolute Gasteiger partial charge is 0.338 e. The maximum absolute atomic E-state index is 12.3. The molecule has 1 aromatic carbocycles. The second-order valence-electron chi connectivity index (χ2n) is 6.05. The van der Waals surface area contributed by atoms with Crippen LogP contribution in [-0.4, -0.2) is 29.1 Å². The molecule has 4 nitrogen and oxygen atoms in total. The van der Waals surface area contributed by atoms with E-state index >= 15 is 0 Å². The van der Waals surface area contributed by atoms with Crippen LogP contribution in [0.15, 0.2) is 24.3 Å². The Morgan fingerprint density at radius 3 is 2.32 bits per heavy atom. The Bertz CT molecular complexity index is 492. The van der Waals surface area contributed by atoms with Crippen LogP contribution in [0.5, 0.6) is 0 Å². The van der Waals surface area contributed by atoms with Crippen molar-refractivity contribution in [2.24, 2.45) is 5.92 Å². The summed E-state index contributed by atoms with van der Waals surface area (Å²) in [6.45, 7) is 7.66. The van der Waals surface area contributed by atoms with Crippen LogP contribution in [0.1, 0.15) is 67.7 Å². The lowest BCUT2D eigenvalue weighted by Gasteiger charge is -2.33. The SMILES string of the molecule is CCC(CC(C)(CC)OC(=O)c1ccc(C=O)cc1)[C@@H](C)O. The molecule has 0 spiro atoms. The molecule has 3 atom stereocenters. The Morgan fingerprint density at radius 2 is 1.91 bits per heavy atom. The lowest BCUT2D eigenvalue weighted by molar-refractivity contribution is -0.0345. The summed E-state index contributed by atoms with van der Waals surface area (Å²) in [7, 11) is 0. The third kappa shape index (κ3) is 4.95. The van der Waals surface area contributed by atoms with Gasteiger partial charge in [0, 0.05) is 5.56 Å². The standard InChI is InChI=1S/C18H26O4/c1-5-15(13(3)20)11-18(4,6-2)22-17(21)16-9-7-14(12-19)8-10-16/h7-10,12-13,15,20H,5-6,11H2,1-4H3/t13-,15?,18?/m1/s1. The van der Waals surface area contributed by atoms with Gasteiger partial charge in [0.15, 0.2) is 0 Å². The molecule has 0 bridgehead atoms. The van der Waals surface area contributed by atoms with Gasteiger partial charge >= 0.3 is 5.97 Å². The average molecular weight is 306 g/mol. The lowest BCUT2D eigenvalue weighted by atomic mass is 9.85. The molecule has 22 heavy (non-hydrogen) atoms. The zero-order chi connectivity index (χ0) is 16.8. The van der Waals surface area contributed by atoms with Gasteiger partial charge in [0.1, 0.15) is 11.9 Å². The fraction of sp³-hybridized carbons (Fsp3) is 0.556. The van der Waals surface area contributed by atoms with Crippen molar-refractivity contribution in [3.8, 4) is 0 Å². The van der Waals surface area contributed by atoms with Gasteiger partial charge in [-0.15, -0.1) is 0 Å². The number of benzene rings is 1. The molecule has 2 unspecified atom stereocenters. The zero-order valence-corrected chi connectivity index (χ0v) is 13.8. The highest BCUT2D eigenvalue weighted by atomic mass is 16.6. The normalized spacial score (nSPS) is 16.4. The molecule has 1 rings (SSSR count). The lowest BCUT2D eigenvalue weighted by Crippen LogP contribution is -2.36. The highest BCUT2D eigenvalue weighted by molar-refractivity contribution is 5.90. The van der Waals surface area contributed by atoms with Crippen molar-refractivity contribution >= 4 is 12.3 Å². The molecule has 1 aromatic rings. The number of aldehydes is 1.